The lowest BCUT2D eigenvalue weighted by Gasteiger charge is -2.14. The zero-order valence-electron chi connectivity index (χ0n) is 10.7. The Kier molecular flexibility index (Phi) is 5.13. The van der Waals surface area contributed by atoms with Gasteiger partial charge in [0.25, 0.3) is 0 Å². The summed E-state index contributed by atoms with van der Waals surface area (Å²) in [4.78, 5) is 23.3. The predicted molar refractivity (Wildman–Crippen MR) is 66.4 cm³/mol. The van der Waals surface area contributed by atoms with Gasteiger partial charge in [-0.25, -0.2) is 0 Å². The Morgan fingerprint density at radius 1 is 1.35 bits per heavy atom. The first-order chi connectivity index (χ1) is 8.02. The SMILES string of the molecule is CC(C)C(=O)C(C)C(=O)OCC1=CC=CCC1. The molecule has 0 spiro atoms. The zero-order chi connectivity index (χ0) is 12.8. The van der Waals surface area contributed by atoms with Gasteiger partial charge < -0.3 is 4.74 Å². The highest BCUT2D eigenvalue weighted by molar-refractivity contribution is 5.99. The van der Waals surface area contributed by atoms with E-state index in [1.54, 1.807) is 20.8 Å². The molecule has 1 aliphatic carbocycles. The molecule has 1 unspecified atom stereocenters. The number of carbonyl (C=O) groups excluding carboxylic acids is 2. The summed E-state index contributed by atoms with van der Waals surface area (Å²) in [5.74, 6) is -1.27. The van der Waals surface area contributed by atoms with Gasteiger partial charge in [0.15, 0.2) is 0 Å². The quantitative estimate of drug-likeness (QED) is 0.544. The summed E-state index contributed by atoms with van der Waals surface area (Å²) in [6.07, 6.45) is 7.93. The van der Waals surface area contributed by atoms with Gasteiger partial charge in [-0.15, -0.1) is 0 Å². The van der Waals surface area contributed by atoms with Crippen LogP contribution in [0.2, 0.25) is 0 Å². The van der Waals surface area contributed by atoms with E-state index in [0.29, 0.717) is 6.61 Å². The van der Waals surface area contributed by atoms with Crippen LogP contribution in [-0.4, -0.2) is 18.4 Å². The molecule has 3 nitrogen and oxygen atoms in total. The highest BCUT2D eigenvalue weighted by Crippen LogP contribution is 2.14. The molecule has 3 heteroatoms. The van der Waals surface area contributed by atoms with Crippen LogP contribution in [-0.2, 0) is 14.3 Å². The van der Waals surface area contributed by atoms with E-state index in [-0.39, 0.29) is 11.7 Å². The van der Waals surface area contributed by atoms with Crippen molar-refractivity contribution >= 4 is 11.8 Å². The van der Waals surface area contributed by atoms with E-state index < -0.39 is 11.9 Å². The molecule has 0 saturated heterocycles. The zero-order valence-corrected chi connectivity index (χ0v) is 10.7. The minimum atomic E-state index is -0.658. The number of ketones is 1. The van der Waals surface area contributed by atoms with Crippen LogP contribution in [0.4, 0.5) is 0 Å². The van der Waals surface area contributed by atoms with Gasteiger partial charge in [0.05, 0.1) is 0 Å². The lowest BCUT2D eigenvalue weighted by Crippen LogP contribution is -2.27. The Balaban J connectivity index is 2.41. The lowest BCUT2D eigenvalue weighted by molar-refractivity contribution is -0.151. The summed E-state index contributed by atoms with van der Waals surface area (Å²) in [5, 5.41) is 0. The molecular weight excluding hydrogens is 216 g/mol. The number of esters is 1. The first-order valence-corrected chi connectivity index (χ1v) is 6.07. The van der Waals surface area contributed by atoms with E-state index in [1.807, 2.05) is 12.2 Å². The lowest BCUT2D eigenvalue weighted by atomic mass is 9.97. The van der Waals surface area contributed by atoms with E-state index in [4.69, 9.17) is 4.74 Å². The van der Waals surface area contributed by atoms with Gasteiger partial charge in [-0.05, 0) is 25.3 Å². The molecule has 0 heterocycles. The first kappa shape index (κ1) is 13.7. The number of hydrogen-bond acceptors (Lipinski definition) is 3. The monoisotopic (exact) mass is 236 g/mol. The Morgan fingerprint density at radius 3 is 2.59 bits per heavy atom. The van der Waals surface area contributed by atoms with Crippen molar-refractivity contribution in [1.29, 1.82) is 0 Å². The van der Waals surface area contributed by atoms with Gasteiger partial charge in [-0.2, -0.15) is 0 Å². The maximum Gasteiger partial charge on any atom is 0.316 e. The van der Waals surface area contributed by atoms with Gasteiger partial charge in [0.2, 0.25) is 0 Å². The van der Waals surface area contributed by atoms with E-state index >= 15 is 0 Å². The molecule has 0 aromatic rings. The summed E-state index contributed by atoms with van der Waals surface area (Å²) in [6, 6.07) is 0. The van der Waals surface area contributed by atoms with Gasteiger partial charge in [-0.1, -0.05) is 32.1 Å². The van der Waals surface area contributed by atoms with E-state index in [9.17, 15) is 9.59 Å². The van der Waals surface area contributed by atoms with Gasteiger partial charge >= 0.3 is 5.97 Å². The van der Waals surface area contributed by atoms with Crippen LogP contribution in [0.1, 0.15) is 33.6 Å². The largest absolute Gasteiger partial charge is 0.461 e. The number of carbonyl (C=O) groups is 2. The summed E-state index contributed by atoms with van der Waals surface area (Å²) in [7, 11) is 0. The van der Waals surface area contributed by atoms with Crippen molar-refractivity contribution in [2.45, 2.75) is 33.6 Å². The highest BCUT2D eigenvalue weighted by atomic mass is 16.5. The molecule has 0 radical (unpaired) electrons. The second kappa shape index (κ2) is 6.38. The van der Waals surface area contributed by atoms with Crippen molar-refractivity contribution in [3.05, 3.63) is 23.8 Å². The van der Waals surface area contributed by atoms with E-state index in [1.165, 1.54) is 0 Å². The standard InChI is InChI=1S/C14H20O3/c1-10(2)13(15)11(3)14(16)17-9-12-7-5-4-6-8-12/h4-5,7,10-11H,6,8-9H2,1-3H3. The van der Waals surface area contributed by atoms with Gasteiger partial charge in [-0.3, -0.25) is 9.59 Å². The van der Waals surface area contributed by atoms with Crippen molar-refractivity contribution in [3.63, 3.8) is 0 Å². The van der Waals surface area contributed by atoms with Crippen LogP contribution in [0.3, 0.4) is 0 Å². The molecule has 94 valence electrons. The molecular formula is C14H20O3. The average molecular weight is 236 g/mol. The Bertz CT molecular complexity index is 350. The van der Waals surface area contributed by atoms with Crippen molar-refractivity contribution < 1.29 is 14.3 Å². The third-order valence-corrected chi connectivity index (χ3v) is 2.85. The fourth-order valence-corrected chi connectivity index (χ4v) is 1.68. The fraction of sp³-hybridized carbons (Fsp3) is 0.571. The number of rotatable bonds is 5. The van der Waals surface area contributed by atoms with Crippen molar-refractivity contribution in [2.75, 3.05) is 6.61 Å². The molecule has 0 fully saturated rings. The van der Waals surface area contributed by atoms with E-state index in [0.717, 1.165) is 18.4 Å². The highest BCUT2D eigenvalue weighted by Gasteiger charge is 2.25. The van der Waals surface area contributed by atoms with Crippen molar-refractivity contribution in [1.82, 2.24) is 0 Å². The smallest absolute Gasteiger partial charge is 0.316 e. The third-order valence-electron chi connectivity index (χ3n) is 2.85. The molecule has 0 aliphatic heterocycles. The molecule has 1 atom stereocenters. The van der Waals surface area contributed by atoms with E-state index in [2.05, 4.69) is 6.08 Å². The fourth-order valence-electron chi connectivity index (χ4n) is 1.68. The van der Waals surface area contributed by atoms with Crippen LogP contribution in [0.15, 0.2) is 23.8 Å². The third kappa shape index (κ3) is 4.17. The van der Waals surface area contributed by atoms with Crippen molar-refractivity contribution in [2.24, 2.45) is 11.8 Å². The molecule has 0 amide bonds. The molecule has 1 rings (SSSR count). The summed E-state index contributed by atoms with van der Waals surface area (Å²) in [6.45, 7) is 5.50. The average Bonchev–Trinajstić information content (AvgIpc) is 2.35. The maximum atomic E-state index is 11.6. The summed E-state index contributed by atoms with van der Waals surface area (Å²) in [5.41, 5.74) is 1.10. The summed E-state index contributed by atoms with van der Waals surface area (Å²) >= 11 is 0. The first-order valence-electron chi connectivity index (χ1n) is 6.07. The predicted octanol–water partition coefficient (Wildman–Crippen LogP) is 2.67. The second-order valence-corrected chi connectivity index (χ2v) is 4.68. The van der Waals surface area contributed by atoms with Crippen molar-refractivity contribution in [3.8, 4) is 0 Å². The Labute approximate surface area is 103 Å². The normalized spacial score (nSPS) is 16.6. The Hall–Kier alpha value is -1.38. The van der Waals surface area contributed by atoms with Crippen LogP contribution in [0.5, 0.6) is 0 Å². The summed E-state index contributed by atoms with van der Waals surface area (Å²) < 4.78 is 5.15. The molecule has 0 aromatic carbocycles. The minimum absolute atomic E-state index is 0.0625. The molecule has 17 heavy (non-hydrogen) atoms. The maximum absolute atomic E-state index is 11.6. The molecule has 0 saturated carbocycles. The van der Waals surface area contributed by atoms with Gasteiger partial charge in [0.1, 0.15) is 18.3 Å². The Morgan fingerprint density at radius 2 is 2.06 bits per heavy atom. The van der Waals surface area contributed by atoms with Gasteiger partial charge in [0, 0.05) is 5.92 Å². The van der Waals surface area contributed by atoms with Crippen LogP contribution >= 0.6 is 0 Å². The minimum Gasteiger partial charge on any atom is -0.461 e. The molecule has 0 N–H and O–H groups in total. The number of allylic oxidation sites excluding steroid dienone is 3. The second-order valence-electron chi connectivity index (χ2n) is 4.68. The van der Waals surface area contributed by atoms with Crippen LogP contribution < -0.4 is 0 Å². The van der Waals surface area contributed by atoms with Crippen LogP contribution in [0, 0.1) is 11.8 Å². The molecule has 0 aromatic heterocycles. The number of ether oxygens (including phenoxy) is 1. The molecule has 1 aliphatic rings. The number of hydrogen-bond donors (Lipinski definition) is 0. The number of Topliss-reactive ketones (excluding diaryl/α,β-unsaturated/α-hetero) is 1. The topological polar surface area (TPSA) is 43.4 Å². The van der Waals surface area contributed by atoms with Crippen LogP contribution in [0.25, 0.3) is 0 Å². The molecule has 0 bridgehead atoms.